The smallest absolute Gasteiger partial charge is 0.347 e. The number of hydrogen-bond acceptors (Lipinski definition) is 8. The summed E-state index contributed by atoms with van der Waals surface area (Å²) in [5.74, 6) is -7.15. The molecule has 0 saturated carbocycles. The molecule has 0 spiro atoms. The lowest BCUT2D eigenvalue weighted by Crippen LogP contribution is -2.57. The maximum Gasteiger partial charge on any atom is 0.347 e. The van der Waals surface area contributed by atoms with Crippen LogP contribution in [-0.2, 0) is 32.2 Å². The zero-order chi connectivity index (χ0) is 38.2. The van der Waals surface area contributed by atoms with Crippen LogP contribution in [-0.4, -0.2) is 62.7 Å². The largest absolute Gasteiger partial charge is 0.393 e. The Morgan fingerprint density at radius 2 is 1.31 bits per heavy atom. The number of aromatic nitrogens is 2. The van der Waals surface area contributed by atoms with Crippen molar-refractivity contribution < 1.29 is 56.3 Å². The van der Waals surface area contributed by atoms with E-state index < -0.39 is 72.5 Å². The van der Waals surface area contributed by atoms with E-state index in [4.69, 9.17) is 18.9 Å². The third-order valence-electron chi connectivity index (χ3n) is 10.5. The highest BCUT2D eigenvalue weighted by Gasteiger charge is 2.50. The molecule has 2 aliphatic rings. The fourth-order valence-electron chi connectivity index (χ4n) is 7.92. The Bertz CT molecular complexity index is 2680. The molecular weight excluding hydrogens is 724 g/mol. The minimum absolute atomic E-state index is 0.0118. The van der Waals surface area contributed by atoms with Crippen LogP contribution in [0.1, 0.15) is 44.5 Å². The number of hydrogen-bond donors (Lipinski definition) is 3. The molecule has 3 N–H and O–H groups in total. The van der Waals surface area contributed by atoms with Gasteiger partial charge in [-0.1, -0.05) is 60.7 Å². The maximum atomic E-state index is 15.4. The Labute approximate surface area is 308 Å². The Balaban J connectivity index is 1.37. The van der Waals surface area contributed by atoms with E-state index in [9.17, 15) is 28.6 Å². The van der Waals surface area contributed by atoms with Crippen LogP contribution in [0.15, 0.2) is 84.9 Å². The van der Waals surface area contributed by atoms with Gasteiger partial charge in [-0.05, 0) is 23.3 Å². The molecule has 0 amide bonds. The molecular formula is C41H30F4N2O8. The highest BCUT2D eigenvalue weighted by molar-refractivity contribution is 6.36. The van der Waals surface area contributed by atoms with Gasteiger partial charge in [-0.15, -0.1) is 0 Å². The molecule has 55 heavy (non-hydrogen) atoms. The summed E-state index contributed by atoms with van der Waals surface area (Å²) in [5, 5.41) is 21.5. The van der Waals surface area contributed by atoms with E-state index in [1.165, 1.54) is 4.57 Å². The standard InChI is InChI=1S/C41H30F4N2O8/c42-24-11-22-28(13-26(24)44)46-35-31(22)33-34(40(51)54-39(33)50)32-23-12-25(43)27(45)14-29(23)47(36(32)35)38-37(53-17-21-9-5-2-6-10-21)30(15-41(18-48,19-49)55-38)52-16-20-7-3-1-4-8-20/h1-14,30,37-38,46,48-49H,15-19H2/t30-,37+,38+/m0/s1. The number of carbonyl (C=O) groups excluding carboxylic acids is 2. The van der Waals surface area contributed by atoms with Gasteiger partial charge >= 0.3 is 11.9 Å². The van der Waals surface area contributed by atoms with E-state index in [1.54, 1.807) is 0 Å². The number of rotatable bonds is 9. The molecule has 0 bridgehead atoms. The molecule has 10 nitrogen and oxygen atoms in total. The Kier molecular flexibility index (Phi) is 8.47. The first-order chi connectivity index (χ1) is 26.6. The predicted octanol–water partition coefficient (Wildman–Crippen LogP) is 7.11. The lowest BCUT2D eigenvalue weighted by molar-refractivity contribution is -0.280. The normalized spacial score (nSPS) is 19.6. The Morgan fingerprint density at radius 1 is 0.745 bits per heavy atom. The van der Waals surface area contributed by atoms with Gasteiger partial charge in [0, 0.05) is 45.6 Å². The van der Waals surface area contributed by atoms with E-state index in [1.807, 2.05) is 60.7 Å². The van der Waals surface area contributed by atoms with Crippen molar-refractivity contribution in [3.05, 3.63) is 130 Å². The second-order valence-corrected chi connectivity index (χ2v) is 13.8. The van der Waals surface area contributed by atoms with Crippen molar-refractivity contribution >= 4 is 55.6 Å². The van der Waals surface area contributed by atoms with Crippen molar-refractivity contribution in [2.75, 3.05) is 13.2 Å². The fourth-order valence-corrected chi connectivity index (χ4v) is 7.92. The predicted molar refractivity (Wildman–Crippen MR) is 190 cm³/mol. The lowest BCUT2D eigenvalue weighted by atomic mass is 9.90. The summed E-state index contributed by atoms with van der Waals surface area (Å²) < 4.78 is 86.5. The molecule has 5 aromatic carbocycles. The van der Waals surface area contributed by atoms with Gasteiger partial charge in [0.1, 0.15) is 11.7 Å². The number of aliphatic hydroxyl groups excluding tert-OH is 2. The molecule has 0 unspecified atom stereocenters. The molecule has 7 aromatic rings. The van der Waals surface area contributed by atoms with Crippen LogP contribution < -0.4 is 0 Å². The molecule has 4 heterocycles. The maximum absolute atomic E-state index is 15.4. The second kappa shape index (κ2) is 13.3. The number of H-pyrrole nitrogens is 1. The number of aromatic amines is 1. The summed E-state index contributed by atoms with van der Waals surface area (Å²) in [6.45, 7) is -1.31. The minimum atomic E-state index is -1.68. The summed E-state index contributed by atoms with van der Waals surface area (Å²) in [6.07, 6.45) is -3.54. The minimum Gasteiger partial charge on any atom is -0.393 e. The molecule has 2 aliphatic heterocycles. The molecule has 1 fully saturated rings. The van der Waals surface area contributed by atoms with Crippen molar-refractivity contribution in [2.24, 2.45) is 0 Å². The molecule has 0 radical (unpaired) electrons. The van der Waals surface area contributed by atoms with Crippen molar-refractivity contribution in [2.45, 2.75) is 43.7 Å². The first kappa shape index (κ1) is 35.1. The molecule has 14 heteroatoms. The van der Waals surface area contributed by atoms with Crippen LogP contribution in [0.5, 0.6) is 0 Å². The molecule has 9 rings (SSSR count). The summed E-state index contributed by atoms with van der Waals surface area (Å²) >= 11 is 0. The van der Waals surface area contributed by atoms with Crippen LogP contribution in [0, 0.1) is 23.3 Å². The van der Waals surface area contributed by atoms with E-state index in [-0.39, 0.29) is 74.4 Å². The van der Waals surface area contributed by atoms with Gasteiger partial charge in [-0.3, -0.25) is 0 Å². The van der Waals surface area contributed by atoms with E-state index in [0.29, 0.717) is 0 Å². The van der Waals surface area contributed by atoms with Crippen molar-refractivity contribution in [1.82, 2.24) is 9.55 Å². The molecule has 1 saturated heterocycles. The quantitative estimate of drug-likeness (QED) is 0.0808. The number of fused-ring (bicyclic) bond motifs is 10. The first-order valence-electron chi connectivity index (χ1n) is 17.4. The summed E-state index contributed by atoms with van der Waals surface area (Å²) in [5.41, 5.74) is -0.625. The zero-order valence-corrected chi connectivity index (χ0v) is 28.7. The van der Waals surface area contributed by atoms with Gasteiger partial charge in [0.2, 0.25) is 0 Å². The first-order valence-corrected chi connectivity index (χ1v) is 17.4. The Morgan fingerprint density at radius 3 is 1.95 bits per heavy atom. The highest BCUT2D eigenvalue weighted by atomic mass is 19.2. The summed E-state index contributed by atoms with van der Waals surface area (Å²) in [7, 11) is 0. The lowest BCUT2D eigenvalue weighted by Gasteiger charge is -2.47. The van der Waals surface area contributed by atoms with Gasteiger partial charge in [-0.25, -0.2) is 27.2 Å². The summed E-state index contributed by atoms with van der Waals surface area (Å²) in [6, 6.07) is 21.9. The fraction of sp³-hybridized carbons (Fsp3) is 0.220. The van der Waals surface area contributed by atoms with Gasteiger partial charge in [-0.2, -0.15) is 0 Å². The highest BCUT2D eigenvalue weighted by Crippen LogP contribution is 2.49. The average Bonchev–Trinajstić information content (AvgIpc) is 3.81. The van der Waals surface area contributed by atoms with Gasteiger partial charge in [0.15, 0.2) is 29.5 Å². The number of halogens is 4. The summed E-state index contributed by atoms with van der Waals surface area (Å²) in [4.78, 5) is 30.0. The van der Waals surface area contributed by atoms with Crippen LogP contribution in [0.2, 0.25) is 0 Å². The number of esters is 2. The van der Waals surface area contributed by atoms with E-state index >= 15 is 8.78 Å². The van der Waals surface area contributed by atoms with Crippen LogP contribution >= 0.6 is 0 Å². The Hall–Kier alpha value is -5.64. The SMILES string of the molecule is O=C1OC(=O)c2c1c1c3cc(F)c(F)cc3[nH]c1c1c2c2cc(F)c(F)cc2n1[C@@H]1OC(CO)(CO)C[C@H](OCc2ccccc2)[C@H]1OCc1ccccc1. The number of ether oxygens (including phenoxy) is 4. The van der Waals surface area contributed by atoms with Gasteiger partial charge < -0.3 is 38.7 Å². The van der Waals surface area contributed by atoms with E-state index in [2.05, 4.69) is 4.98 Å². The third kappa shape index (κ3) is 5.59. The number of aliphatic hydroxyl groups is 2. The number of benzene rings is 5. The molecule has 280 valence electrons. The molecule has 0 aliphatic carbocycles. The monoisotopic (exact) mass is 754 g/mol. The van der Waals surface area contributed by atoms with E-state index in [0.717, 1.165) is 35.4 Å². The van der Waals surface area contributed by atoms with Crippen molar-refractivity contribution in [1.29, 1.82) is 0 Å². The van der Waals surface area contributed by atoms with Crippen molar-refractivity contribution in [3.63, 3.8) is 0 Å². The number of nitrogens with zero attached hydrogens (tertiary/aromatic N) is 1. The van der Waals surface area contributed by atoms with Gasteiger partial charge in [0.25, 0.3) is 0 Å². The third-order valence-corrected chi connectivity index (χ3v) is 10.5. The average molecular weight is 755 g/mol. The molecule has 3 atom stereocenters. The van der Waals surface area contributed by atoms with Gasteiger partial charge in [0.05, 0.1) is 60.2 Å². The number of nitrogens with one attached hydrogen (secondary N) is 1. The number of cyclic esters (lactones) is 2. The van der Waals surface area contributed by atoms with Crippen molar-refractivity contribution in [3.8, 4) is 0 Å². The van der Waals surface area contributed by atoms with Crippen LogP contribution in [0.3, 0.4) is 0 Å². The molecule has 2 aromatic heterocycles. The van der Waals surface area contributed by atoms with Crippen LogP contribution in [0.4, 0.5) is 17.6 Å². The zero-order valence-electron chi connectivity index (χ0n) is 28.7. The number of carbonyl (C=O) groups is 2. The van der Waals surface area contributed by atoms with Crippen LogP contribution in [0.25, 0.3) is 43.6 Å². The topological polar surface area (TPSA) is 132 Å². The second-order valence-electron chi connectivity index (χ2n) is 13.8.